The smallest absolute Gasteiger partial charge is 0.311 e. The number of carbonyl (C=O) groups excluding carboxylic acids is 2. The highest BCUT2D eigenvalue weighted by molar-refractivity contribution is 5.73. The molecule has 0 aliphatic carbocycles. The van der Waals surface area contributed by atoms with Crippen molar-refractivity contribution in [1.29, 1.82) is 0 Å². The Labute approximate surface area is 344 Å². The van der Waals surface area contributed by atoms with Crippen LogP contribution in [-0.2, 0) is 47.6 Å². The van der Waals surface area contributed by atoms with E-state index in [4.69, 9.17) is 38.0 Å². The van der Waals surface area contributed by atoms with Crippen molar-refractivity contribution in [2.45, 2.75) is 192 Å². The van der Waals surface area contributed by atoms with Crippen LogP contribution in [0.5, 0.6) is 0 Å². The Morgan fingerprint density at radius 2 is 1.64 bits per heavy atom. The third kappa shape index (κ3) is 11.8. The summed E-state index contributed by atoms with van der Waals surface area (Å²) in [4.78, 5) is 47.2. The van der Waals surface area contributed by atoms with E-state index in [1.54, 1.807) is 48.5 Å². The predicted octanol–water partition coefficient (Wildman–Crippen LogP) is 2.69. The van der Waals surface area contributed by atoms with Gasteiger partial charge in [0.15, 0.2) is 24.8 Å². The van der Waals surface area contributed by atoms with Gasteiger partial charge < -0.3 is 63.1 Å². The first kappa shape index (κ1) is 50.1. The van der Waals surface area contributed by atoms with Crippen molar-refractivity contribution in [3.63, 3.8) is 0 Å². The fraction of sp³-hybridized carbons (Fsp3) is 0.950. The van der Waals surface area contributed by atoms with E-state index in [1.165, 1.54) is 21.0 Å². The van der Waals surface area contributed by atoms with Crippen molar-refractivity contribution in [3.05, 3.63) is 10.1 Å². The van der Waals surface area contributed by atoms with E-state index >= 15 is 0 Å². The zero-order valence-corrected chi connectivity index (χ0v) is 37.3. The van der Waals surface area contributed by atoms with Crippen molar-refractivity contribution in [2.24, 2.45) is 17.8 Å². The molecular weight excluding hydrogens is 762 g/mol. The molecule has 3 N–H and O–H groups in total. The van der Waals surface area contributed by atoms with Crippen molar-refractivity contribution < 1.29 is 68.0 Å². The van der Waals surface area contributed by atoms with Gasteiger partial charge in [-0.05, 0) is 94.8 Å². The molecular formula is C40H73N3O15. The first-order valence-corrected chi connectivity index (χ1v) is 20.6. The van der Waals surface area contributed by atoms with Crippen LogP contribution in [0.2, 0.25) is 0 Å². The first-order chi connectivity index (χ1) is 26.7. The van der Waals surface area contributed by atoms with Crippen molar-refractivity contribution in [3.8, 4) is 0 Å². The molecule has 18 atom stereocenters. The van der Waals surface area contributed by atoms with Crippen LogP contribution in [0.1, 0.15) is 102 Å². The highest BCUT2D eigenvalue weighted by atomic mass is 17.0. The lowest BCUT2D eigenvalue weighted by Crippen LogP contribution is -2.61. The Balaban J connectivity index is 2.24. The number of aliphatic hydroxyl groups excluding tert-OH is 1. The van der Waals surface area contributed by atoms with E-state index in [0.717, 1.165) is 0 Å². The molecule has 18 nitrogen and oxygen atoms in total. The van der Waals surface area contributed by atoms with Gasteiger partial charge in [-0.2, -0.15) is 0 Å². The second kappa shape index (κ2) is 20.1. The summed E-state index contributed by atoms with van der Waals surface area (Å²) in [6, 6.07) is -0.897. The molecule has 0 radical (unpaired) electrons. The minimum atomic E-state index is -1.86. The maximum Gasteiger partial charge on any atom is 0.311 e. The second-order valence-electron chi connectivity index (χ2n) is 18.1. The molecule has 18 heteroatoms. The highest BCUT2D eigenvalue weighted by Gasteiger charge is 2.54. The van der Waals surface area contributed by atoms with Gasteiger partial charge in [0.25, 0.3) is 5.09 Å². The monoisotopic (exact) mass is 836 g/mol. The molecule has 0 spiro atoms. The van der Waals surface area contributed by atoms with Gasteiger partial charge in [0.05, 0.1) is 47.6 Å². The fourth-order valence-electron chi connectivity index (χ4n) is 9.32. The van der Waals surface area contributed by atoms with Gasteiger partial charge in [0, 0.05) is 39.0 Å². The molecule has 0 aromatic rings. The zero-order chi connectivity index (χ0) is 44.2. The van der Waals surface area contributed by atoms with Gasteiger partial charge in [-0.3, -0.25) is 9.59 Å². The summed E-state index contributed by atoms with van der Waals surface area (Å²) >= 11 is 0. The van der Waals surface area contributed by atoms with Crippen LogP contribution in [0.3, 0.4) is 0 Å². The molecule has 58 heavy (non-hydrogen) atoms. The van der Waals surface area contributed by atoms with Gasteiger partial charge in [-0.1, -0.05) is 20.8 Å². The molecule has 3 heterocycles. The van der Waals surface area contributed by atoms with E-state index in [1.807, 2.05) is 44.8 Å². The summed E-state index contributed by atoms with van der Waals surface area (Å²) < 4.78 is 43.8. The Bertz CT molecular complexity index is 1370. The summed E-state index contributed by atoms with van der Waals surface area (Å²) in [5, 5.41) is 46.6. The minimum Gasteiger partial charge on any atom is -0.459 e. The summed E-state index contributed by atoms with van der Waals surface area (Å²) in [5.41, 5.74) is -4.79. The summed E-state index contributed by atoms with van der Waals surface area (Å²) in [7, 11) is 6.95. The average Bonchev–Trinajstić information content (AvgIpc) is 3.11. The Hall–Kier alpha value is -2.26. The molecule has 3 saturated heterocycles. The third-order valence-electron chi connectivity index (χ3n) is 12.6. The lowest BCUT2D eigenvalue weighted by molar-refractivity contribution is -0.776. The van der Waals surface area contributed by atoms with E-state index in [2.05, 4.69) is 0 Å². The number of hydrogen-bond donors (Lipinski definition) is 3. The van der Waals surface area contributed by atoms with Gasteiger partial charge in [-0.15, -0.1) is 10.1 Å². The second-order valence-corrected chi connectivity index (χ2v) is 18.1. The molecule has 338 valence electrons. The first-order valence-electron chi connectivity index (χ1n) is 20.6. The van der Waals surface area contributed by atoms with Crippen LogP contribution in [-0.4, -0.2) is 167 Å². The van der Waals surface area contributed by atoms with Gasteiger partial charge in [-0.25, -0.2) is 0 Å². The Morgan fingerprint density at radius 3 is 2.17 bits per heavy atom. The quantitative estimate of drug-likeness (QED) is 0.164. The van der Waals surface area contributed by atoms with Crippen LogP contribution >= 0.6 is 0 Å². The average molecular weight is 836 g/mol. The molecule has 3 fully saturated rings. The van der Waals surface area contributed by atoms with Gasteiger partial charge in [0.1, 0.15) is 17.8 Å². The van der Waals surface area contributed by atoms with Gasteiger partial charge in [0.2, 0.25) is 0 Å². The van der Waals surface area contributed by atoms with Crippen molar-refractivity contribution in [1.82, 2.24) is 9.80 Å². The number of hydrogen-bond acceptors (Lipinski definition) is 17. The Kier molecular flexibility index (Phi) is 17.3. The number of nitrogens with zero attached hydrogens (tertiary/aromatic N) is 3. The number of carbonyl (C=O) groups is 2. The van der Waals surface area contributed by atoms with E-state index in [9.17, 15) is 35.0 Å². The van der Waals surface area contributed by atoms with E-state index in [0.29, 0.717) is 13.0 Å². The number of esters is 2. The lowest BCUT2D eigenvalue weighted by Gasteiger charge is -2.49. The molecule has 0 bridgehead atoms. The number of cyclic esters (lactones) is 1. The topological polar surface area (TPSA) is 218 Å². The molecule has 0 aromatic carbocycles. The number of ether oxygens (including phenoxy) is 7. The predicted molar refractivity (Wildman–Crippen MR) is 210 cm³/mol. The SMILES string of the molecule is CC[C@H]1OC(=O)[C@H](C)[C@@H](O[C@H]2C[C@@](C)(OC)[C@@H](O[N+](=O)[O-])[C@H](C)O2)[C@H](C)[C@@H](O[C@@H]2O[C@H](C)C[C@H](N(C)C)[C@H]2OC(C)=O)[C@](C)(O)C[C@@H](C)CN(C)[C@H](C)[C@@H](O)[C@]1(C)O. The standard InChI is InChI=1S/C40H73N3O15/c1-16-29-40(11,48)33(45)25(6)42(14)20-21(2)18-38(9,47)34(57-37-32(54-27(8)44)28(41(12)13)17-22(3)52-37)23(4)31(24(5)36(46)55-29)56-30-19-39(10,51-15)35(26(7)53-30)58-43(49)50/h21-26,28-35,37,45,47-48H,16-20H2,1-15H3/t21-,22-,23+,24-,25-,26+,28+,29-,30+,31+,32-,33-,34-,35+,37+,38-,39-,40-/m1/s1. The van der Waals surface area contributed by atoms with Crippen LogP contribution in [0.25, 0.3) is 0 Å². The highest BCUT2D eigenvalue weighted by Crippen LogP contribution is 2.41. The molecule has 3 rings (SSSR count). The Morgan fingerprint density at radius 1 is 1.02 bits per heavy atom. The molecule has 0 saturated carbocycles. The molecule has 0 amide bonds. The molecule has 0 aromatic heterocycles. The molecule has 3 aliphatic heterocycles. The van der Waals surface area contributed by atoms with Crippen LogP contribution < -0.4 is 0 Å². The number of methoxy groups -OCH3 is 1. The largest absolute Gasteiger partial charge is 0.459 e. The number of likely N-dealkylation sites (N-methyl/N-ethyl adjacent to an activating group) is 2. The number of rotatable bonds is 10. The maximum absolute atomic E-state index is 14.4. The normalized spacial score (nSPS) is 45.4. The summed E-state index contributed by atoms with van der Waals surface area (Å²) in [6.07, 6.45) is -9.48. The minimum absolute atomic E-state index is 0.0543. The summed E-state index contributed by atoms with van der Waals surface area (Å²) in [5.74, 6) is -3.50. The fourth-order valence-corrected chi connectivity index (χ4v) is 9.32. The third-order valence-corrected chi connectivity index (χ3v) is 12.6. The van der Waals surface area contributed by atoms with Gasteiger partial charge >= 0.3 is 11.9 Å². The van der Waals surface area contributed by atoms with Crippen LogP contribution in [0.15, 0.2) is 0 Å². The molecule has 3 aliphatic rings. The van der Waals surface area contributed by atoms with E-state index in [-0.39, 0.29) is 37.3 Å². The summed E-state index contributed by atoms with van der Waals surface area (Å²) in [6.45, 7) is 18.7. The van der Waals surface area contributed by atoms with E-state index < -0.39 is 107 Å². The molecule has 0 unspecified atom stereocenters. The number of aliphatic hydroxyl groups is 3. The maximum atomic E-state index is 14.4. The lowest BCUT2D eigenvalue weighted by atomic mass is 9.77. The van der Waals surface area contributed by atoms with Crippen LogP contribution in [0, 0.1) is 27.9 Å². The van der Waals surface area contributed by atoms with Crippen molar-refractivity contribution >= 4 is 11.9 Å². The van der Waals surface area contributed by atoms with Crippen molar-refractivity contribution in [2.75, 3.05) is 34.8 Å². The zero-order valence-electron chi connectivity index (χ0n) is 37.3. The van der Waals surface area contributed by atoms with Crippen LogP contribution in [0.4, 0.5) is 0 Å².